The first-order valence-electron chi connectivity index (χ1n) is 9.07. The summed E-state index contributed by atoms with van der Waals surface area (Å²) in [5.41, 5.74) is 4.58. The number of carbonyl (C=O) groups excluding carboxylic acids is 1. The van der Waals surface area contributed by atoms with Crippen LogP contribution in [0.5, 0.6) is 5.75 Å². The van der Waals surface area contributed by atoms with Crippen molar-refractivity contribution in [3.8, 4) is 5.75 Å². The maximum absolute atomic E-state index is 12.8. The van der Waals surface area contributed by atoms with Crippen LogP contribution in [0.4, 0.5) is 5.69 Å². The lowest BCUT2D eigenvalue weighted by molar-refractivity contribution is 0.101. The highest BCUT2D eigenvalue weighted by Crippen LogP contribution is 2.28. The molecule has 4 rings (SSSR count). The zero-order chi connectivity index (χ0) is 19.7. The Hall–Kier alpha value is -3.54. The number of nitrogens with zero attached hydrogens (tertiary/aromatic N) is 3. The molecule has 0 saturated heterocycles. The fourth-order valence-corrected chi connectivity index (χ4v) is 3.40. The number of ether oxygens (including phenoxy) is 1. The van der Waals surface area contributed by atoms with Gasteiger partial charge in [-0.05, 0) is 36.2 Å². The molecule has 6 heteroatoms. The van der Waals surface area contributed by atoms with Gasteiger partial charge in [0.25, 0.3) is 5.91 Å². The van der Waals surface area contributed by atoms with Crippen molar-refractivity contribution in [2.75, 3.05) is 12.4 Å². The Morgan fingerprint density at radius 1 is 1.18 bits per heavy atom. The maximum atomic E-state index is 12.8. The number of aromatic nitrogens is 3. The van der Waals surface area contributed by atoms with Crippen LogP contribution in [-0.4, -0.2) is 27.4 Å². The Balaban J connectivity index is 1.55. The number of benzene rings is 2. The number of aryl methyl sites for hydroxylation is 2. The molecular weight excluding hydrogens is 352 g/mol. The van der Waals surface area contributed by atoms with Crippen LogP contribution in [0.2, 0.25) is 0 Å². The lowest BCUT2D eigenvalue weighted by Gasteiger charge is -2.06. The van der Waals surface area contributed by atoms with E-state index >= 15 is 0 Å². The maximum Gasteiger partial charge on any atom is 0.272 e. The third kappa shape index (κ3) is 3.24. The lowest BCUT2D eigenvalue weighted by atomic mass is 10.1. The second kappa shape index (κ2) is 7.23. The number of amides is 1. The van der Waals surface area contributed by atoms with Crippen LogP contribution in [0.1, 0.15) is 21.6 Å². The monoisotopic (exact) mass is 374 g/mol. The summed E-state index contributed by atoms with van der Waals surface area (Å²) in [6, 6.07) is 15.8. The molecule has 142 valence electrons. The van der Waals surface area contributed by atoms with E-state index in [1.165, 1.54) is 11.1 Å². The van der Waals surface area contributed by atoms with E-state index in [1.54, 1.807) is 13.3 Å². The van der Waals surface area contributed by atoms with Crippen LogP contribution in [0, 0.1) is 6.92 Å². The first kappa shape index (κ1) is 17.9. The van der Waals surface area contributed by atoms with Gasteiger partial charge in [-0.15, -0.1) is 0 Å². The summed E-state index contributed by atoms with van der Waals surface area (Å²) in [5.74, 6) is 0.564. The molecule has 2 aromatic carbocycles. The van der Waals surface area contributed by atoms with Gasteiger partial charge in [0.2, 0.25) is 0 Å². The molecule has 0 unspecified atom stereocenters. The molecule has 0 fully saturated rings. The van der Waals surface area contributed by atoms with E-state index in [0.717, 1.165) is 16.7 Å². The second-order valence-electron chi connectivity index (χ2n) is 6.79. The summed E-state index contributed by atoms with van der Waals surface area (Å²) in [7, 11) is 3.50. The van der Waals surface area contributed by atoms with Crippen molar-refractivity contribution in [3.05, 3.63) is 77.7 Å². The van der Waals surface area contributed by atoms with E-state index < -0.39 is 0 Å². The quantitative estimate of drug-likeness (QED) is 0.574. The molecule has 6 nitrogen and oxygen atoms in total. The van der Waals surface area contributed by atoms with Crippen LogP contribution in [0.15, 0.2) is 60.9 Å². The molecule has 1 amide bonds. The lowest BCUT2D eigenvalue weighted by Crippen LogP contribution is -2.15. The Morgan fingerprint density at radius 2 is 2.00 bits per heavy atom. The number of anilines is 1. The largest absolute Gasteiger partial charge is 0.496 e. The van der Waals surface area contributed by atoms with Gasteiger partial charge in [0.15, 0.2) is 0 Å². The normalized spacial score (nSPS) is 11.0. The highest BCUT2D eigenvalue weighted by atomic mass is 16.5. The molecule has 0 aliphatic heterocycles. The van der Waals surface area contributed by atoms with Crippen molar-refractivity contribution in [2.45, 2.75) is 13.5 Å². The number of fused-ring (bicyclic) bond motifs is 1. The van der Waals surface area contributed by atoms with Crippen LogP contribution >= 0.6 is 0 Å². The van der Waals surface area contributed by atoms with E-state index in [1.807, 2.05) is 58.9 Å². The van der Waals surface area contributed by atoms with Crippen LogP contribution in [0.3, 0.4) is 0 Å². The van der Waals surface area contributed by atoms with E-state index in [9.17, 15) is 4.79 Å². The van der Waals surface area contributed by atoms with Crippen LogP contribution in [-0.2, 0) is 13.6 Å². The summed E-state index contributed by atoms with van der Waals surface area (Å²) in [5, 5.41) is 8.21. The van der Waals surface area contributed by atoms with Gasteiger partial charge < -0.3 is 14.6 Å². The number of rotatable bonds is 5. The first-order valence-corrected chi connectivity index (χ1v) is 9.07. The summed E-state index contributed by atoms with van der Waals surface area (Å²) in [6.45, 7) is 2.74. The second-order valence-corrected chi connectivity index (χ2v) is 6.79. The summed E-state index contributed by atoms with van der Waals surface area (Å²) >= 11 is 0. The summed E-state index contributed by atoms with van der Waals surface area (Å²) in [4.78, 5) is 12.8. The average Bonchev–Trinajstić information content (AvgIpc) is 3.28. The minimum Gasteiger partial charge on any atom is -0.496 e. The van der Waals surface area contributed by atoms with Crippen molar-refractivity contribution in [3.63, 3.8) is 0 Å². The number of methoxy groups -OCH3 is 1. The van der Waals surface area contributed by atoms with Gasteiger partial charge in [0.1, 0.15) is 11.4 Å². The van der Waals surface area contributed by atoms with Gasteiger partial charge in [0.05, 0.1) is 31.1 Å². The number of hydrogen-bond acceptors (Lipinski definition) is 3. The Kier molecular flexibility index (Phi) is 4.61. The van der Waals surface area contributed by atoms with Crippen LogP contribution < -0.4 is 10.1 Å². The zero-order valence-electron chi connectivity index (χ0n) is 16.1. The number of hydrogen-bond donors (Lipinski definition) is 1. The highest BCUT2D eigenvalue weighted by molar-refractivity contribution is 6.07. The molecule has 2 heterocycles. The average molecular weight is 374 g/mol. The van der Waals surface area contributed by atoms with E-state index in [0.29, 0.717) is 17.9 Å². The third-order valence-electron chi connectivity index (χ3n) is 4.98. The Labute approximate surface area is 163 Å². The van der Waals surface area contributed by atoms with Crippen molar-refractivity contribution in [2.24, 2.45) is 7.05 Å². The fraction of sp³-hybridized carbons (Fsp3) is 0.182. The first-order chi connectivity index (χ1) is 13.6. The molecule has 0 spiro atoms. The molecule has 0 aliphatic carbocycles. The van der Waals surface area contributed by atoms with Crippen molar-refractivity contribution in [1.82, 2.24) is 14.3 Å². The summed E-state index contributed by atoms with van der Waals surface area (Å²) in [6.07, 6.45) is 3.51. The molecule has 0 atom stereocenters. The molecule has 0 saturated carbocycles. The van der Waals surface area contributed by atoms with Crippen molar-refractivity contribution in [1.29, 1.82) is 0 Å². The predicted octanol–water partition coefficient (Wildman–Crippen LogP) is 3.99. The van der Waals surface area contributed by atoms with Gasteiger partial charge in [-0.3, -0.25) is 9.48 Å². The topological polar surface area (TPSA) is 61.1 Å². The Morgan fingerprint density at radius 3 is 2.79 bits per heavy atom. The van der Waals surface area contributed by atoms with E-state index in [4.69, 9.17) is 4.74 Å². The molecule has 28 heavy (non-hydrogen) atoms. The molecule has 1 N–H and O–H groups in total. The Bertz CT molecular complexity index is 1160. The number of carbonyl (C=O) groups is 1. The minimum absolute atomic E-state index is 0.184. The summed E-state index contributed by atoms with van der Waals surface area (Å²) < 4.78 is 9.09. The highest BCUT2D eigenvalue weighted by Gasteiger charge is 2.16. The predicted molar refractivity (Wildman–Crippen MR) is 110 cm³/mol. The molecule has 0 radical (unpaired) electrons. The number of nitrogens with one attached hydrogen (secondary N) is 1. The van der Waals surface area contributed by atoms with Crippen molar-refractivity contribution < 1.29 is 9.53 Å². The van der Waals surface area contributed by atoms with Gasteiger partial charge >= 0.3 is 0 Å². The smallest absolute Gasteiger partial charge is 0.272 e. The van der Waals surface area contributed by atoms with Gasteiger partial charge in [-0.2, -0.15) is 5.10 Å². The fourth-order valence-electron chi connectivity index (χ4n) is 3.40. The molecule has 4 aromatic rings. The van der Waals surface area contributed by atoms with E-state index in [2.05, 4.69) is 29.5 Å². The van der Waals surface area contributed by atoms with E-state index in [-0.39, 0.29) is 5.91 Å². The van der Waals surface area contributed by atoms with Crippen LogP contribution in [0.25, 0.3) is 10.9 Å². The van der Waals surface area contributed by atoms with Gasteiger partial charge in [-0.25, -0.2) is 0 Å². The molecule has 0 bridgehead atoms. The third-order valence-corrected chi connectivity index (χ3v) is 4.98. The molecule has 2 aromatic heterocycles. The molecular formula is C22H22N4O2. The van der Waals surface area contributed by atoms with Crippen molar-refractivity contribution >= 4 is 22.5 Å². The van der Waals surface area contributed by atoms with Gasteiger partial charge in [-0.1, -0.05) is 30.3 Å². The van der Waals surface area contributed by atoms with Gasteiger partial charge in [0, 0.05) is 18.6 Å². The SMILES string of the molecule is COc1cccc2c1cc(C(=O)Nc1cnn(Cc3ccccc3C)c1)n2C. The molecule has 0 aliphatic rings. The zero-order valence-corrected chi connectivity index (χ0v) is 16.1. The minimum atomic E-state index is -0.184. The standard InChI is InChI=1S/C22H22N4O2/c1-15-7-4-5-8-16(15)13-26-14-17(12-23-26)24-22(27)20-11-18-19(25(20)2)9-6-10-21(18)28-3/h4-12,14H,13H2,1-3H3,(H,24,27).